The molecule has 12 aromatic carbocycles. The molecule has 0 saturated carbocycles. The molecule has 0 radical (unpaired) electrons. The molecule has 0 aliphatic heterocycles. The van der Waals surface area contributed by atoms with Crippen LogP contribution < -0.4 is 9.80 Å². The number of anilines is 6. The lowest BCUT2D eigenvalue weighted by molar-refractivity contribution is 0.878. The molecule has 12 rings (SSSR count). The van der Waals surface area contributed by atoms with Crippen molar-refractivity contribution in [2.75, 3.05) is 9.80 Å². The van der Waals surface area contributed by atoms with E-state index in [0.717, 1.165) is 34.1 Å². The minimum Gasteiger partial charge on any atom is -0.310 e. The van der Waals surface area contributed by atoms with E-state index in [-0.39, 0.29) is 5.92 Å². The van der Waals surface area contributed by atoms with Crippen LogP contribution in [0.15, 0.2) is 261 Å². The van der Waals surface area contributed by atoms with Crippen molar-refractivity contribution in [1.29, 1.82) is 0 Å². The van der Waals surface area contributed by atoms with Gasteiger partial charge in [-0.25, -0.2) is 0 Å². The van der Waals surface area contributed by atoms with Crippen molar-refractivity contribution in [3.63, 3.8) is 0 Å². The third-order valence-corrected chi connectivity index (χ3v) is 13.7. The van der Waals surface area contributed by atoms with Gasteiger partial charge in [-0.15, -0.1) is 0 Å². The van der Waals surface area contributed by atoms with Crippen LogP contribution in [0.3, 0.4) is 0 Å². The molecule has 2 heteroatoms. The fourth-order valence-electron chi connectivity index (χ4n) is 10.4. The minimum absolute atomic E-state index is 0.271. The molecule has 0 heterocycles. The lowest BCUT2D eigenvalue weighted by atomic mass is 9.86. The topological polar surface area (TPSA) is 6.48 Å². The quantitative estimate of drug-likeness (QED) is 0.119. The zero-order chi connectivity index (χ0) is 46.3. The average molecular weight is 883 g/mol. The van der Waals surface area contributed by atoms with E-state index in [1.807, 2.05) is 0 Å². The summed E-state index contributed by atoms with van der Waals surface area (Å²) in [5.41, 5.74) is 17.5. The predicted molar refractivity (Wildman–Crippen MR) is 295 cm³/mol. The van der Waals surface area contributed by atoms with Crippen LogP contribution in [-0.2, 0) is 0 Å². The fourth-order valence-corrected chi connectivity index (χ4v) is 10.4. The first-order chi connectivity index (χ1) is 34.1. The first-order valence-electron chi connectivity index (χ1n) is 24.0. The van der Waals surface area contributed by atoms with Gasteiger partial charge in [-0.1, -0.05) is 208 Å². The molecule has 0 atom stereocenters. The Bertz CT molecular complexity index is 3580. The van der Waals surface area contributed by atoms with Crippen LogP contribution in [0.4, 0.5) is 34.1 Å². The molecule has 0 bridgehead atoms. The van der Waals surface area contributed by atoms with Crippen molar-refractivity contribution in [2.24, 2.45) is 0 Å². The van der Waals surface area contributed by atoms with Gasteiger partial charge in [0.2, 0.25) is 0 Å². The Hall–Kier alpha value is -8.72. The number of hydrogen-bond donors (Lipinski definition) is 0. The highest BCUT2D eigenvalue weighted by Crippen LogP contribution is 2.50. The predicted octanol–water partition coefficient (Wildman–Crippen LogP) is 19.3. The molecule has 0 aliphatic carbocycles. The van der Waals surface area contributed by atoms with E-state index in [1.54, 1.807) is 0 Å². The van der Waals surface area contributed by atoms with E-state index in [0.29, 0.717) is 0 Å². The lowest BCUT2D eigenvalue weighted by Crippen LogP contribution is -2.12. The number of rotatable bonds is 11. The summed E-state index contributed by atoms with van der Waals surface area (Å²) in [5.74, 6) is 0.271. The van der Waals surface area contributed by atoms with Gasteiger partial charge >= 0.3 is 0 Å². The summed E-state index contributed by atoms with van der Waals surface area (Å²) >= 11 is 0. The number of hydrogen-bond acceptors (Lipinski definition) is 2. The van der Waals surface area contributed by atoms with Crippen LogP contribution in [0.1, 0.15) is 25.3 Å². The van der Waals surface area contributed by atoms with Gasteiger partial charge in [-0.3, -0.25) is 0 Å². The Labute approximate surface area is 405 Å². The highest BCUT2D eigenvalue weighted by molar-refractivity contribution is 6.29. The number of benzene rings is 12. The minimum atomic E-state index is 0.271. The molecule has 2 nitrogen and oxygen atoms in total. The van der Waals surface area contributed by atoms with Gasteiger partial charge in [0, 0.05) is 33.5 Å². The standard InChI is InChI=1S/C67H50N2/c1-46(2)62-45-63-65(69(58-33-17-29-54(43-58)49-23-11-5-12-24-49)59-34-18-30-55(44-59)50-25-13-6-14-26-50)39-36-51-35-37-61-64(40-38-60(62)67(61)66(51)63)68(56-31-15-27-52(41-56)47-19-7-3-8-20-47)57-32-16-28-53(42-57)48-21-9-4-10-22-48/h3-46H,1-2H3. The number of nitrogens with zero attached hydrogens (tertiary/aromatic N) is 2. The van der Waals surface area contributed by atoms with Crippen molar-refractivity contribution in [3.05, 3.63) is 266 Å². The maximum atomic E-state index is 2.49. The first kappa shape index (κ1) is 41.7. The summed E-state index contributed by atoms with van der Waals surface area (Å²) in [5, 5.41) is 7.50. The van der Waals surface area contributed by atoms with Crippen molar-refractivity contribution in [3.8, 4) is 44.5 Å². The van der Waals surface area contributed by atoms with E-state index in [9.17, 15) is 0 Å². The highest BCUT2D eigenvalue weighted by atomic mass is 15.1. The molecular weight excluding hydrogens is 833 g/mol. The van der Waals surface area contributed by atoms with Gasteiger partial charge in [0.15, 0.2) is 0 Å². The monoisotopic (exact) mass is 882 g/mol. The fraction of sp³-hybridized carbons (Fsp3) is 0.0448. The Morgan fingerprint density at radius 1 is 0.261 bits per heavy atom. The van der Waals surface area contributed by atoms with E-state index in [4.69, 9.17) is 0 Å². The highest BCUT2D eigenvalue weighted by Gasteiger charge is 2.25. The van der Waals surface area contributed by atoms with E-state index in [1.165, 1.54) is 82.4 Å². The molecule has 0 amide bonds. The lowest BCUT2D eigenvalue weighted by Gasteiger charge is -2.31. The van der Waals surface area contributed by atoms with Crippen LogP contribution in [0.5, 0.6) is 0 Å². The molecule has 0 spiro atoms. The van der Waals surface area contributed by atoms with Gasteiger partial charge in [-0.05, 0) is 144 Å². The summed E-state index contributed by atoms with van der Waals surface area (Å²) in [6.07, 6.45) is 0. The van der Waals surface area contributed by atoms with Crippen molar-refractivity contribution >= 4 is 66.4 Å². The Balaban J connectivity index is 1.12. The zero-order valence-electron chi connectivity index (χ0n) is 38.8. The zero-order valence-corrected chi connectivity index (χ0v) is 38.8. The van der Waals surface area contributed by atoms with Gasteiger partial charge in [-0.2, -0.15) is 0 Å². The van der Waals surface area contributed by atoms with Gasteiger partial charge in [0.1, 0.15) is 0 Å². The Morgan fingerprint density at radius 2 is 0.594 bits per heavy atom. The van der Waals surface area contributed by atoms with Crippen molar-refractivity contribution in [1.82, 2.24) is 0 Å². The van der Waals surface area contributed by atoms with Crippen LogP contribution in [0, 0.1) is 0 Å². The van der Waals surface area contributed by atoms with Crippen LogP contribution >= 0.6 is 0 Å². The SMILES string of the molecule is CC(C)c1cc2c(N(c3cccc(-c4ccccc4)c3)c3cccc(-c4ccccc4)c3)ccc3ccc4c(N(c5cccc(-c6ccccc6)c5)c5cccc(-c6ccccc6)c5)ccc1c4c32. The van der Waals surface area contributed by atoms with Crippen LogP contribution in [-0.4, -0.2) is 0 Å². The van der Waals surface area contributed by atoms with E-state index < -0.39 is 0 Å². The molecule has 0 saturated heterocycles. The van der Waals surface area contributed by atoms with Crippen LogP contribution in [0.25, 0.3) is 76.8 Å². The summed E-state index contributed by atoms with van der Waals surface area (Å²) in [7, 11) is 0. The van der Waals surface area contributed by atoms with E-state index >= 15 is 0 Å². The second kappa shape index (κ2) is 17.8. The molecule has 12 aromatic rings. The van der Waals surface area contributed by atoms with Crippen molar-refractivity contribution in [2.45, 2.75) is 19.8 Å². The second-order valence-corrected chi connectivity index (χ2v) is 18.3. The summed E-state index contributed by atoms with van der Waals surface area (Å²) in [6, 6.07) is 95.5. The molecular formula is C67H50N2. The smallest absolute Gasteiger partial charge is 0.0540 e. The third-order valence-electron chi connectivity index (χ3n) is 13.7. The average Bonchev–Trinajstić information content (AvgIpc) is 3.42. The van der Waals surface area contributed by atoms with Crippen LogP contribution in [0.2, 0.25) is 0 Å². The third kappa shape index (κ3) is 7.76. The first-order valence-corrected chi connectivity index (χ1v) is 24.0. The molecule has 0 aliphatic rings. The largest absolute Gasteiger partial charge is 0.310 e. The Kier molecular flexibility index (Phi) is 10.8. The maximum Gasteiger partial charge on any atom is 0.0540 e. The molecule has 328 valence electrons. The molecule has 0 aromatic heterocycles. The second-order valence-electron chi connectivity index (χ2n) is 18.3. The molecule has 0 unspecified atom stereocenters. The maximum absolute atomic E-state index is 2.49. The Morgan fingerprint density at radius 3 is 0.986 bits per heavy atom. The summed E-state index contributed by atoms with van der Waals surface area (Å²) < 4.78 is 0. The van der Waals surface area contributed by atoms with Crippen molar-refractivity contribution < 1.29 is 0 Å². The normalized spacial score (nSPS) is 11.5. The van der Waals surface area contributed by atoms with Gasteiger partial charge in [0.05, 0.1) is 11.4 Å². The summed E-state index contributed by atoms with van der Waals surface area (Å²) in [6.45, 7) is 4.67. The molecule has 0 fully saturated rings. The molecule has 69 heavy (non-hydrogen) atoms. The molecule has 0 N–H and O–H groups in total. The van der Waals surface area contributed by atoms with E-state index in [2.05, 4.69) is 285 Å². The summed E-state index contributed by atoms with van der Waals surface area (Å²) in [4.78, 5) is 4.95. The van der Waals surface area contributed by atoms with Gasteiger partial charge < -0.3 is 9.80 Å². The van der Waals surface area contributed by atoms with Gasteiger partial charge in [0.25, 0.3) is 0 Å².